The smallest absolute Gasteiger partial charge is 0.0136 e. The molecule has 1 aliphatic carbocycles. The zero-order valence-electron chi connectivity index (χ0n) is 9.06. The third-order valence-electron chi connectivity index (χ3n) is 2.89. The molecule has 1 rings (SSSR count). The van der Waals surface area contributed by atoms with Gasteiger partial charge in [-0.25, -0.2) is 0 Å². The normalized spacial score (nSPS) is 21.9. The average Bonchev–Trinajstić information content (AvgIpc) is 2.12. The molecule has 0 bridgehead atoms. The summed E-state index contributed by atoms with van der Waals surface area (Å²) in [5.41, 5.74) is 4.68. The van der Waals surface area contributed by atoms with Crippen LogP contribution in [-0.2, 0) is 0 Å². The standard InChI is InChI=1S/C13H20/c1-4-12-8-6-7-11(3)13(5-2)10-9-12/h4,6-7H,5,8-10H2,1-3H3. The van der Waals surface area contributed by atoms with Crippen molar-refractivity contribution in [2.24, 2.45) is 0 Å². The lowest BCUT2D eigenvalue weighted by atomic mass is 9.94. The maximum absolute atomic E-state index is 2.29. The van der Waals surface area contributed by atoms with Crippen LogP contribution in [0.5, 0.6) is 0 Å². The Bertz CT molecular complexity index is 251. The van der Waals surface area contributed by atoms with Crippen LogP contribution >= 0.6 is 0 Å². The van der Waals surface area contributed by atoms with Crippen LogP contribution in [0.2, 0.25) is 0 Å². The summed E-state index contributed by atoms with van der Waals surface area (Å²) in [6.07, 6.45) is 11.7. The summed E-state index contributed by atoms with van der Waals surface area (Å²) in [6, 6.07) is 0. The Morgan fingerprint density at radius 1 is 1.38 bits per heavy atom. The first-order valence-corrected chi connectivity index (χ1v) is 5.27. The molecule has 13 heavy (non-hydrogen) atoms. The molecule has 0 nitrogen and oxygen atoms in total. The lowest BCUT2D eigenvalue weighted by molar-refractivity contribution is 0.836. The van der Waals surface area contributed by atoms with E-state index < -0.39 is 0 Å². The van der Waals surface area contributed by atoms with Gasteiger partial charge in [0.1, 0.15) is 0 Å². The molecular formula is C13H20. The summed E-state index contributed by atoms with van der Waals surface area (Å²) >= 11 is 0. The molecular weight excluding hydrogens is 156 g/mol. The van der Waals surface area contributed by atoms with E-state index in [0.717, 1.165) is 6.42 Å². The molecule has 0 saturated carbocycles. The molecule has 72 valence electrons. The Morgan fingerprint density at radius 3 is 2.77 bits per heavy atom. The molecule has 0 atom stereocenters. The Hall–Kier alpha value is -0.780. The minimum absolute atomic E-state index is 1.14. The maximum Gasteiger partial charge on any atom is -0.0136 e. The molecule has 1 aliphatic rings. The van der Waals surface area contributed by atoms with Gasteiger partial charge in [0, 0.05) is 0 Å². The van der Waals surface area contributed by atoms with Gasteiger partial charge in [-0.15, -0.1) is 0 Å². The Labute approximate surface area is 82.0 Å². The van der Waals surface area contributed by atoms with E-state index in [1.54, 1.807) is 11.1 Å². The second kappa shape index (κ2) is 5.06. The van der Waals surface area contributed by atoms with Gasteiger partial charge in [-0.3, -0.25) is 0 Å². The van der Waals surface area contributed by atoms with Crippen LogP contribution < -0.4 is 0 Å². The fourth-order valence-corrected chi connectivity index (χ4v) is 1.83. The molecule has 0 amide bonds. The van der Waals surface area contributed by atoms with Crippen LogP contribution in [0.25, 0.3) is 0 Å². The fraction of sp³-hybridized carbons (Fsp3) is 0.538. The SMILES string of the molecule is CC=C1CC=CC(C)=C(CC)CC1. The molecule has 0 aromatic carbocycles. The zero-order valence-corrected chi connectivity index (χ0v) is 9.06. The average molecular weight is 176 g/mol. The van der Waals surface area contributed by atoms with Crippen LogP contribution in [0, 0.1) is 0 Å². The van der Waals surface area contributed by atoms with Crippen molar-refractivity contribution in [3.63, 3.8) is 0 Å². The van der Waals surface area contributed by atoms with Crippen molar-refractivity contribution in [1.82, 2.24) is 0 Å². The van der Waals surface area contributed by atoms with Gasteiger partial charge in [0.25, 0.3) is 0 Å². The van der Waals surface area contributed by atoms with Gasteiger partial charge < -0.3 is 0 Å². The maximum atomic E-state index is 2.29. The van der Waals surface area contributed by atoms with E-state index in [0.29, 0.717) is 0 Å². The summed E-state index contributed by atoms with van der Waals surface area (Å²) in [5.74, 6) is 0. The highest BCUT2D eigenvalue weighted by Gasteiger charge is 2.03. The highest BCUT2D eigenvalue weighted by molar-refractivity contribution is 5.27. The van der Waals surface area contributed by atoms with Crippen molar-refractivity contribution in [3.05, 3.63) is 34.9 Å². The summed E-state index contributed by atoms with van der Waals surface area (Å²) in [6.45, 7) is 6.63. The van der Waals surface area contributed by atoms with Crippen LogP contribution in [0.1, 0.15) is 46.5 Å². The third-order valence-corrected chi connectivity index (χ3v) is 2.89. The molecule has 0 heterocycles. The first-order chi connectivity index (χ1) is 6.27. The van der Waals surface area contributed by atoms with Crippen LogP contribution in [0.15, 0.2) is 34.9 Å². The topological polar surface area (TPSA) is 0 Å². The highest BCUT2D eigenvalue weighted by Crippen LogP contribution is 2.23. The van der Waals surface area contributed by atoms with E-state index in [2.05, 4.69) is 39.0 Å². The molecule has 0 unspecified atom stereocenters. The first kappa shape index (κ1) is 10.3. The van der Waals surface area contributed by atoms with Gasteiger partial charge in [-0.05, 0) is 39.5 Å². The van der Waals surface area contributed by atoms with Gasteiger partial charge in [-0.1, -0.05) is 41.9 Å². The number of allylic oxidation sites excluding steroid dienone is 6. The second-order valence-electron chi connectivity index (χ2n) is 3.69. The molecule has 0 aromatic rings. The molecule has 0 spiro atoms. The zero-order chi connectivity index (χ0) is 9.68. The summed E-state index contributed by atoms with van der Waals surface area (Å²) in [7, 11) is 0. The van der Waals surface area contributed by atoms with Gasteiger partial charge in [-0.2, -0.15) is 0 Å². The number of hydrogen-bond donors (Lipinski definition) is 0. The predicted octanol–water partition coefficient (Wildman–Crippen LogP) is 4.40. The van der Waals surface area contributed by atoms with E-state index in [-0.39, 0.29) is 0 Å². The van der Waals surface area contributed by atoms with Gasteiger partial charge in [0.05, 0.1) is 0 Å². The van der Waals surface area contributed by atoms with Crippen LogP contribution in [0.3, 0.4) is 0 Å². The van der Waals surface area contributed by atoms with Gasteiger partial charge in [0.15, 0.2) is 0 Å². The van der Waals surface area contributed by atoms with Crippen molar-refractivity contribution in [3.8, 4) is 0 Å². The predicted molar refractivity (Wildman–Crippen MR) is 59.7 cm³/mol. The quantitative estimate of drug-likeness (QED) is 0.519. The number of rotatable bonds is 1. The molecule has 0 fully saturated rings. The monoisotopic (exact) mass is 176 g/mol. The lowest BCUT2D eigenvalue weighted by Crippen LogP contribution is -1.92. The van der Waals surface area contributed by atoms with Crippen LogP contribution in [0.4, 0.5) is 0 Å². The first-order valence-electron chi connectivity index (χ1n) is 5.27. The minimum Gasteiger partial charge on any atom is -0.0881 e. The molecule has 0 radical (unpaired) electrons. The Morgan fingerprint density at radius 2 is 2.15 bits per heavy atom. The number of hydrogen-bond acceptors (Lipinski definition) is 0. The second-order valence-corrected chi connectivity index (χ2v) is 3.69. The largest absolute Gasteiger partial charge is 0.0881 e. The van der Waals surface area contributed by atoms with Crippen molar-refractivity contribution >= 4 is 0 Å². The van der Waals surface area contributed by atoms with E-state index in [1.165, 1.54) is 24.8 Å². The van der Waals surface area contributed by atoms with Crippen LogP contribution in [-0.4, -0.2) is 0 Å². The Balaban J connectivity index is 2.79. The van der Waals surface area contributed by atoms with E-state index in [4.69, 9.17) is 0 Å². The Kier molecular flexibility index (Phi) is 4.01. The summed E-state index contributed by atoms with van der Waals surface area (Å²) < 4.78 is 0. The van der Waals surface area contributed by atoms with Gasteiger partial charge >= 0.3 is 0 Å². The summed E-state index contributed by atoms with van der Waals surface area (Å²) in [4.78, 5) is 0. The van der Waals surface area contributed by atoms with E-state index >= 15 is 0 Å². The van der Waals surface area contributed by atoms with Crippen molar-refractivity contribution in [1.29, 1.82) is 0 Å². The molecule has 0 saturated heterocycles. The lowest BCUT2D eigenvalue weighted by Gasteiger charge is -2.12. The molecule has 0 aromatic heterocycles. The molecule has 0 heteroatoms. The fourth-order valence-electron chi connectivity index (χ4n) is 1.83. The molecule has 0 N–H and O–H groups in total. The van der Waals surface area contributed by atoms with Crippen molar-refractivity contribution in [2.75, 3.05) is 0 Å². The van der Waals surface area contributed by atoms with E-state index in [1.807, 2.05) is 0 Å². The van der Waals surface area contributed by atoms with Crippen molar-refractivity contribution in [2.45, 2.75) is 46.5 Å². The van der Waals surface area contributed by atoms with Crippen molar-refractivity contribution < 1.29 is 0 Å². The summed E-state index contributed by atoms with van der Waals surface area (Å²) in [5, 5.41) is 0. The highest BCUT2D eigenvalue weighted by atomic mass is 14.1. The van der Waals surface area contributed by atoms with E-state index in [9.17, 15) is 0 Å². The molecule has 0 aliphatic heterocycles. The minimum atomic E-state index is 1.14. The van der Waals surface area contributed by atoms with Gasteiger partial charge in [0.2, 0.25) is 0 Å². The third kappa shape index (κ3) is 2.87.